The number of amides is 1. The third-order valence-electron chi connectivity index (χ3n) is 4.26. The molecule has 1 N–H and O–H groups in total. The molecule has 0 saturated carbocycles. The van der Waals surface area contributed by atoms with E-state index in [4.69, 9.17) is 0 Å². The Morgan fingerprint density at radius 2 is 2.21 bits per heavy atom. The number of rotatable bonds is 7. The van der Waals surface area contributed by atoms with Crippen LogP contribution in [0.3, 0.4) is 0 Å². The number of carbonyl (C=O) groups excluding carboxylic acids is 1. The minimum atomic E-state index is -0.0221. The average Bonchev–Trinajstić information content (AvgIpc) is 3.26. The normalized spacial score (nSPS) is 17.8. The number of nitrogens with one attached hydrogen (secondary N) is 1. The van der Waals surface area contributed by atoms with Gasteiger partial charge in [0.2, 0.25) is 0 Å². The molecule has 0 aliphatic carbocycles. The Morgan fingerprint density at radius 1 is 1.38 bits per heavy atom. The number of likely N-dealkylation sites (tertiary alicyclic amines) is 1. The van der Waals surface area contributed by atoms with Gasteiger partial charge in [0.15, 0.2) is 0 Å². The van der Waals surface area contributed by atoms with Crippen molar-refractivity contribution in [3.63, 3.8) is 0 Å². The van der Waals surface area contributed by atoms with Crippen molar-refractivity contribution in [2.45, 2.75) is 13.0 Å². The first-order chi connectivity index (χ1) is 11.7. The van der Waals surface area contributed by atoms with Crippen LogP contribution in [-0.2, 0) is 6.54 Å². The summed E-state index contributed by atoms with van der Waals surface area (Å²) in [6.45, 7) is 8.11. The van der Waals surface area contributed by atoms with Gasteiger partial charge in [-0.3, -0.25) is 9.69 Å². The molecule has 0 bridgehead atoms. The molecule has 0 unspecified atom stereocenters. The first-order valence-corrected chi connectivity index (χ1v) is 8.16. The van der Waals surface area contributed by atoms with Crippen LogP contribution in [0.2, 0.25) is 0 Å². The number of carbonyl (C=O) groups is 1. The maximum absolute atomic E-state index is 12.3. The highest BCUT2D eigenvalue weighted by Gasteiger charge is 2.21. The lowest BCUT2D eigenvalue weighted by Crippen LogP contribution is -2.31. The topological polar surface area (TPSA) is 75.9 Å². The monoisotopic (exact) mass is 326 g/mol. The van der Waals surface area contributed by atoms with E-state index in [9.17, 15) is 4.79 Å². The zero-order valence-electron chi connectivity index (χ0n) is 13.6. The molecule has 126 valence electrons. The molecule has 24 heavy (non-hydrogen) atoms. The van der Waals surface area contributed by atoms with Crippen LogP contribution in [0.15, 0.2) is 43.2 Å². The third-order valence-corrected chi connectivity index (χ3v) is 4.26. The van der Waals surface area contributed by atoms with E-state index in [1.807, 2.05) is 30.3 Å². The number of aromatic nitrogens is 4. The predicted octanol–water partition coefficient (Wildman–Crippen LogP) is 0.959. The molecule has 0 spiro atoms. The lowest BCUT2D eigenvalue weighted by Gasteiger charge is -2.14. The van der Waals surface area contributed by atoms with Crippen molar-refractivity contribution in [1.29, 1.82) is 0 Å². The van der Waals surface area contributed by atoms with Crippen molar-refractivity contribution >= 4 is 5.91 Å². The van der Waals surface area contributed by atoms with Gasteiger partial charge in [-0.15, -0.1) is 11.7 Å². The van der Waals surface area contributed by atoms with Gasteiger partial charge in [-0.25, -0.2) is 4.68 Å². The highest BCUT2D eigenvalue weighted by molar-refractivity contribution is 5.94. The predicted molar refractivity (Wildman–Crippen MR) is 90.4 cm³/mol. The Labute approximate surface area is 141 Å². The highest BCUT2D eigenvalue weighted by atomic mass is 16.1. The fraction of sp³-hybridized carbons (Fsp3) is 0.412. The van der Waals surface area contributed by atoms with E-state index in [-0.39, 0.29) is 5.91 Å². The summed E-state index contributed by atoms with van der Waals surface area (Å²) in [4.78, 5) is 14.6. The molecule has 1 aliphatic rings. The zero-order chi connectivity index (χ0) is 16.8. The molecule has 1 aliphatic heterocycles. The fourth-order valence-corrected chi connectivity index (χ4v) is 2.97. The summed E-state index contributed by atoms with van der Waals surface area (Å²) in [6, 6.07) is 7.54. The minimum absolute atomic E-state index is 0.0221. The van der Waals surface area contributed by atoms with Crippen molar-refractivity contribution in [3.8, 4) is 0 Å². The molecule has 1 amide bonds. The van der Waals surface area contributed by atoms with E-state index in [1.165, 1.54) is 0 Å². The molecule has 1 aromatic carbocycles. The Hall–Kier alpha value is -2.54. The van der Waals surface area contributed by atoms with Crippen molar-refractivity contribution < 1.29 is 4.79 Å². The van der Waals surface area contributed by atoms with Gasteiger partial charge in [0.05, 0.1) is 6.54 Å². The molecule has 2 heterocycles. The molecule has 2 aromatic rings. The number of hydrogen-bond donors (Lipinski definition) is 1. The van der Waals surface area contributed by atoms with Gasteiger partial charge in [-0.2, -0.15) is 0 Å². The van der Waals surface area contributed by atoms with Crippen LogP contribution in [-0.4, -0.2) is 57.2 Å². The van der Waals surface area contributed by atoms with Crippen molar-refractivity contribution in [1.82, 2.24) is 30.4 Å². The summed E-state index contributed by atoms with van der Waals surface area (Å²) < 4.78 is 1.64. The summed E-state index contributed by atoms with van der Waals surface area (Å²) in [6.07, 6.45) is 4.62. The molecule has 1 atom stereocenters. The van der Waals surface area contributed by atoms with Crippen LogP contribution >= 0.6 is 0 Å². The van der Waals surface area contributed by atoms with E-state index < -0.39 is 0 Å². The van der Waals surface area contributed by atoms with Crippen LogP contribution < -0.4 is 5.32 Å². The molecular weight excluding hydrogens is 304 g/mol. The summed E-state index contributed by atoms with van der Waals surface area (Å²) in [7, 11) is 0. The quantitative estimate of drug-likeness (QED) is 0.767. The van der Waals surface area contributed by atoms with Crippen LogP contribution in [0.25, 0.3) is 0 Å². The molecule has 3 rings (SSSR count). The molecule has 1 saturated heterocycles. The van der Waals surface area contributed by atoms with Gasteiger partial charge in [-0.05, 0) is 47.0 Å². The van der Waals surface area contributed by atoms with Crippen LogP contribution in [0, 0.1) is 5.92 Å². The second-order valence-electron chi connectivity index (χ2n) is 6.12. The molecule has 1 fully saturated rings. The van der Waals surface area contributed by atoms with Gasteiger partial charge in [0.1, 0.15) is 6.33 Å². The van der Waals surface area contributed by atoms with Crippen LogP contribution in [0.4, 0.5) is 0 Å². The van der Waals surface area contributed by atoms with Gasteiger partial charge in [-0.1, -0.05) is 18.2 Å². The SMILES string of the molecule is C=CCN1CC[C@H](CNC(=O)c2ccc(Cn3cnnn3)cc2)C1. The number of nitrogens with zero attached hydrogens (tertiary/aromatic N) is 5. The summed E-state index contributed by atoms with van der Waals surface area (Å²) in [5, 5.41) is 14.1. The molecule has 1 aromatic heterocycles. The van der Waals surface area contributed by atoms with E-state index in [2.05, 4.69) is 32.3 Å². The van der Waals surface area contributed by atoms with Gasteiger partial charge < -0.3 is 5.32 Å². The molecule has 7 nitrogen and oxygen atoms in total. The molecular formula is C17H22N6O. The van der Waals surface area contributed by atoms with Crippen molar-refractivity contribution in [3.05, 3.63) is 54.4 Å². The molecule has 7 heteroatoms. The van der Waals surface area contributed by atoms with E-state index in [0.717, 1.165) is 38.2 Å². The van der Waals surface area contributed by atoms with E-state index >= 15 is 0 Å². The van der Waals surface area contributed by atoms with E-state index in [1.54, 1.807) is 11.0 Å². The lowest BCUT2D eigenvalue weighted by atomic mass is 10.1. The first-order valence-electron chi connectivity index (χ1n) is 8.16. The van der Waals surface area contributed by atoms with Gasteiger partial charge in [0.25, 0.3) is 5.91 Å². The van der Waals surface area contributed by atoms with Crippen molar-refractivity contribution in [2.75, 3.05) is 26.2 Å². The Kier molecular flexibility index (Phi) is 5.32. The van der Waals surface area contributed by atoms with Crippen molar-refractivity contribution in [2.24, 2.45) is 5.92 Å². The van der Waals surface area contributed by atoms with Crippen LogP contribution in [0.1, 0.15) is 22.3 Å². The van der Waals surface area contributed by atoms with Gasteiger partial charge in [0, 0.05) is 25.2 Å². The highest BCUT2D eigenvalue weighted by Crippen LogP contribution is 2.15. The smallest absolute Gasteiger partial charge is 0.251 e. The lowest BCUT2D eigenvalue weighted by molar-refractivity contribution is 0.0947. The summed E-state index contributed by atoms with van der Waals surface area (Å²) in [5.74, 6) is 0.499. The maximum Gasteiger partial charge on any atom is 0.251 e. The first kappa shape index (κ1) is 16.3. The Bertz CT molecular complexity index is 667. The summed E-state index contributed by atoms with van der Waals surface area (Å²) >= 11 is 0. The second-order valence-corrected chi connectivity index (χ2v) is 6.12. The zero-order valence-corrected chi connectivity index (χ0v) is 13.6. The maximum atomic E-state index is 12.3. The van der Waals surface area contributed by atoms with E-state index in [0.29, 0.717) is 18.0 Å². The largest absolute Gasteiger partial charge is 0.352 e. The minimum Gasteiger partial charge on any atom is -0.352 e. The van der Waals surface area contributed by atoms with Crippen LogP contribution in [0.5, 0.6) is 0 Å². The standard InChI is InChI=1S/C17H22N6O/c1-2-8-22-9-7-15(11-22)10-18-17(24)16-5-3-14(4-6-16)12-23-13-19-20-21-23/h2-6,13,15H,1,7-12H2,(H,18,24)/t15-/m1/s1. The Balaban J connectivity index is 1.47. The number of hydrogen-bond acceptors (Lipinski definition) is 5. The molecule has 0 radical (unpaired) electrons. The second kappa shape index (κ2) is 7.83. The Morgan fingerprint density at radius 3 is 2.92 bits per heavy atom. The fourth-order valence-electron chi connectivity index (χ4n) is 2.97. The van der Waals surface area contributed by atoms with Gasteiger partial charge >= 0.3 is 0 Å². The number of benzene rings is 1. The summed E-state index contributed by atoms with van der Waals surface area (Å²) in [5.41, 5.74) is 1.73. The third kappa shape index (κ3) is 4.26. The average molecular weight is 326 g/mol. The number of tetrazole rings is 1.